The summed E-state index contributed by atoms with van der Waals surface area (Å²) in [4.78, 5) is 2.30. The van der Waals surface area contributed by atoms with E-state index in [2.05, 4.69) is 22.0 Å². The van der Waals surface area contributed by atoms with Crippen molar-refractivity contribution < 1.29 is 0 Å². The summed E-state index contributed by atoms with van der Waals surface area (Å²) >= 11 is 1.61. The van der Waals surface area contributed by atoms with Gasteiger partial charge in [0.1, 0.15) is 5.51 Å². The Morgan fingerprint density at radius 3 is 3.21 bits per heavy atom. The summed E-state index contributed by atoms with van der Waals surface area (Å²) in [5.74, 6) is 0.604. The number of hydrogen-bond acceptors (Lipinski definition) is 5. The van der Waals surface area contributed by atoms with Crippen LogP contribution in [0.1, 0.15) is 19.8 Å². The maximum atomic E-state index is 6.05. The van der Waals surface area contributed by atoms with E-state index in [4.69, 9.17) is 5.73 Å². The highest BCUT2D eigenvalue weighted by atomic mass is 32.1. The lowest BCUT2D eigenvalue weighted by Gasteiger charge is -2.36. The fraction of sp³-hybridized carbons (Fsp3) is 0.778. The maximum absolute atomic E-state index is 6.05. The topological polar surface area (TPSA) is 55.0 Å². The Kier molecular flexibility index (Phi) is 2.98. The average molecular weight is 212 g/mol. The zero-order chi connectivity index (χ0) is 9.97. The first-order chi connectivity index (χ1) is 6.81. The van der Waals surface area contributed by atoms with Crippen LogP contribution in [0.15, 0.2) is 5.51 Å². The van der Waals surface area contributed by atoms with Crippen molar-refractivity contribution in [2.24, 2.45) is 11.7 Å². The quantitative estimate of drug-likeness (QED) is 0.797. The molecule has 4 nitrogen and oxygen atoms in total. The monoisotopic (exact) mass is 212 g/mol. The van der Waals surface area contributed by atoms with Crippen molar-refractivity contribution in [3.8, 4) is 0 Å². The van der Waals surface area contributed by atoms with E-state index < -0.39 is 0 Å². The standard InChI is InChI=1S/C9H16N4S/c1-2-7-5-13(4-3-8(7)10)9-12-11-6-14-9/h6-8H,2-5,10H2,1H3. The summed E-state index contributed by atoms with van der Waals surface area (Å²) in [5, 5.41) is 8.99. The van der Waals surface area contributed by atoms with Crippen LogP contribution in [0.25, 0.3) is 0 Å². The van der Waals surface area contributed by atoms with Gasteiger partial charge in [-0.15, -0.1) is 10.2 Å². The Morgan fingerprint density at radius 1 is 1.71 bits per heavy atom. The van der Waals surface area contributed by atoms with Gasteiger partial charge < -0.3 is 10.6 Å². The highest BCUT2D eigenvalue weighted by Gasteiger charge is 2.26. The molecule has 14 heavy (non-hydrogen) atoms. The van der Waals surface area contributed by atoms with Crippen molar-refractivity contribution in [1.29, 1.82) is 0 Å². The molecular formula is C9H16N4S. The molecule has 1 aromatic rings. The van der Waals surface area contributed by atoms with Gasteiger partial charge in [-0.1, -0.05) is 24.7 Å². The zero-order valence-electron chi connectivity index (χ0n) is 8.39. The van der Waals surface area contributed by atoms with Crippen LogP contribution in [0, 0.1) is 5.92 Å². The van der Waals surface area contributed by atoms with Crippen LogP contribution < -0.4 is 10.6 Å². The molecule has 78 valence electrons. The van der Waals surface area contributed by atoms with E-state index in [1.165, 1.54) is 0 Å². The molecule has 0 amide bonds. The van der Waals surface area contributed by atoms with Gasteiger partial charge in [-0.2, -0.15) is 0 Å². The van der Waals surface area contributed by atoms with Gasteiger partial charge in [0.25, 0.3) is 0 Å². The minimum atomic E-state index is 0.365. The largest absolute Gasteiger partial charge is 0.346 e. The number of anilines is 1. The summed E-state index contributed by atoms with van der Waals surface area (Å²) in [6.07, 6.45) is 2.22. The molecule has 5 heteroatoms. The van der Waals surface area contributed by atoms with Gasteiger partial charge >= 0.3 is 0 Å². The molecule has 0 saturated carbocycles. The second kappa shape index (κ2) is 4.23. The predicted octanol–water partition coefficient (Wildman–Crippen LogP) is 1.10. The van der Waals surface area contributed by atoms with E-state index in [1.807, 2.05) is 0 Å². The number of hydrogen-bond donors (Lipinski definition) is 1. The van der Waals surface area contributed by atoms with Crippen LogP contribution >= 0.6 is 11.3 Å². The van der Waals surface area contributed by atoms with Crippen molar-refractivity contribution in [2.45, 2.75) is 25.8 Å². The van der Waals surface area contributed by atoms with Crippen molar-refractivity contribution in [1.82, 2.24) is 10.2 Å². The molecule has 1 fully saturated rings. The fourth-order valence-corrected chi connectivity index (χ4v) is 2.56. The fourth-order valence-electron chi connectivity index (χ4n) is 1.96. The molecule has 1 aromatic heterocycles. The highest BCUT2D eigenvalue weighted by Crippen LogP contribution is 2.24. The van der Waals surface area contributed by atoms with E-state index in [1.54, 1.807) is 16.8 Å². The lowest BCUT2D eigenvalue weighted by molar-refractivity contribution is 0.347. The normalized spacial score (nSPS) is 28.0. The van der Waals surface area contributed by atoms with Crippen LogP contribution in [0.4, 0.5) is 5.13 Å². The van der Waals surface area contributed by atoms with Gasteiger partial charge in [0.15, 0.2) is 0 Å². The molecule has 1 aliphatic rings. The van der Waals surface area contributed by atoms with Crippen LogP contribution in [-0.2, 0) is 0 Å². The van der Waals surface area contributed by atoms with Gasteiger partial charge in [0.2, 0.25) is 5.13 Å². The number of rotatable bonds is 2. The Morgan fingerprint density at radius 2 is 2.57 bits per heavy atom. The van der Waals surface area contributed by atoms with E-state index >= 15 is 0 Å². The predicted molar refractivity (Wildman–Crippen MR) is 58.5 cm³/mol. The van der Waals surface area contributed by atoms with Gasteiger partial charge in [0, 0.05) is 19.1 Å². The van der Waals surface area contributed by atoms with Gasteiger partial charge in [-0.3, -0.25) is 0 Å². The molecule has 2 rings (SSSR count). The number of piperidine rings is 1. The maximum Gasteiger partial charge on any atom is 0.208 e. The Bertz CT molecular complexity index is 274. The molecule has 2 heterocycles. The van der Waals surface area contributed by atoms with Crippen molar-refractivity contribution >= 4 is 16.5 Å². The van der Waals surface area contributed by atoms with Crippen LogP contribution in [-0.4, -0.2) is 29.3 Å². The Balaban J connectivity index is 2.03. The molecule has 2 N–H and O–H groups in total. The Labute approximate surface area is 88.1 Å². The van der Waals surface area contributed by atoms with Crippen molar-refractivity contribution in [2.75, 3.05) is 18.0 Å². The number of aromatic nitrogens is 2. The molecule has 0 spiro atoms. The second-order valence-corrected chi connectivity index (χ2v) is 4.60. The van der Waals surface area contributed by atoms with Gasteiger partial charge in [-0.05, 0) is 12.3 Å². The number of nitrogens with two attached hydrogens (primary N) is 1. The first-order valence-corrected chi connectivity index (χ1v) is 5.96. The summed E-state index contributed by atoms with van der Waals surface area (Å²) in [5.41, 5.74) is 7.83. The molecule has 0 bridgehead atoms. The molecule has 1 saturated heterocycles. The van der Waals surface area contributed by atoms with E-state index in [0.29, 0.717) is 12.0 Å². The third kappa shape index (κ3) is 1.88. The summed E-state index contributed by atoms with van der Waals surface area (Å²) in [6.45, 7) is 4.26. The first kappa shape index (κ1) is 9.86. The minimum Gasteiger partial charge on any atom is -0.346 e. The third-order valence-corrected chi connectivity index (χ3v) is 3.69. The van der Waals surface area contributed by atoms with Gasteiger partial charge in [0.05, 0.1) is 0 Å². The van der Waals surface area contributed by atoms with E-state index in [0.717, 1.165) is 31.1 Å². The first-order valence-electron chi connectivity index (χ1n) is 5.08. The molecule has 0 radical (unpaired) electrons. The third-order valence-electron chi connectivity index (χ3n) is 2.94. The molecule has 2 unspecified atom stereocenters. The van der Waals surface area contributed by atoms with Crippen molar-refractivity contribution in [3.05, 3.63) is 5.51 Å². The van der Waals surface area contributed by atoms with Crippen LogP contribution in [0.2, 0.25) is 0 Å². The highest BCUT2D eigenvalue weighted by molar-refractivity contribution is 7.13. The lowest BCUT2D eigenvalue weighted by atomic mass is 9.91. The summed E-state index contributed by atoms with van der Waals surface area (Å²) in [6, 6.07) is 0.365. The molecule has 0 aromatic carbocycles. The molecular weight excluding hydrogens is 196 g/mol. The zero-order valence-corrected chi connectivity index (χ0v) is 9.20. The van der Waals surface area contributed by atoms with Crippen molar-refractivity contribution in [3.63, 3.8) is 0 Å². The lowest BCUT2D eigenvalue weighted by Crippen LogP contribution is -2.46. The van der Waals surface area contributed by atoms with Crippen LogP contribution in [0.3, 0.4) is 0 Å². The SMILES string of the molecule is CCC1CN(c2nncs2)CCC1N. The Hall–Kier alpha value is -0.680. The summed E-state index contributed by atoms with van der Waals surface area (Å²) < 4.78 is 0. The molecule has 0 aliphatic carbocycles. The number of nitrogens with zero attached hydrogens (tertiary/aromatic N) is 3. The van der Waals surface area contributed by atoms with Crippen LogP contribution in [0.5, 0.6) is 0 Å². The molecule has 1 aliphatic heterocycles. The summed E-state index contributed by atoms with van der Waals surface area (Å²) in [7, 11) is 0. The van der Waals surface area contributed by atoms with E-state index in [-0.39, 0.29) is 0 Å². The second-order valence-electron chi connectivity index (χ2n) is 3.79. The smallest absolute Gasteiger partial charge is 0.208 e. The average Bonchev–Trinajstić information content (AvgIpc) is 2.71. The minimum absolute atomic E-state index is 0.365. The molecule has 2 atom stereocenters. The van der Waals surface area contributed by atoms with Gasteiger partial charge in [-0.25, -0.2) is 0 Å². The van der Waals surface area contributed by atoms with E-state index in [9.17, 15) is 0 Å².